The van der Waals surface area contributed by atoms with Crippen LogP contribution in [0.3, 0.4) is 0 Å². The molecule has 5 unspecified atom stereocenters. The summed E-state index contributed by atoms with van der Waals surface area (Å²) in [5.74, 6) is 1.13. The van der Waals surface area contributed by atoms with E-state index < -0.39 is 11.0 Å². The van der Waals surface area contributed by atoms with Crippen LogP contribution in [0.2, 0.25) is 0 Å². The molecule has 0 amide bonds. The molecule has 2 aromatic rings. The van der Waals surface area contributed by atoms with Gasteiger partial charge < -0.3 is 9.84 Å². The summed E-state index contributed by atoms with van der Waals surface area (Å²) in [5, 5.41) is 23.3. The van der Waals surface area contributed by atoms with E-state index in [0.29, 0.717) is 28.3 Å². The van der Waals surface area contributed by atoms with Crippen molar-refractivity contribution in [3.8, 4) is 5.75 Å². The van der Waals surface area contributed by atoms with Crippen molar-refractivity contribution >= 4 is 16.6 Å². The Morgan fingerprint density at radius 1 is 1.48 bits per heavy atom. The Balaban J connectivity index is 1.80. The molecule has 0 saturated carbocycles. The van der Waals surface area contributed by atoms with Crippen molar-refractivity contribution in [1.29, 1.82) is 0 Å². The number of pyridine rings is 1. The minimum Gasteiger partial charge on any atom is -0.490 e. The van der Waals surface area contributed by atoms with Gasteiger partial charge in [-0.1, -0.05) is 6.08 Å². The molecule has 2 bridgehead atoms. The normalized spacial score (nSPS) is 28.1. The number of rotatable bonds is 5. The highest BCUT2D eigenvalue weighted by Gasteiger charge is 2.42. The number of nitro benzene ring substituents is 1. The molecule has 5 rings (SSSR count). The smallest absolute Gasteiger partial charge is 0.320 e. The summed E-state index contributed by atoms with van der Waals surface area (Å²) in [5.41, 5.74) is 0.884. The molecule has 3 saturated heterocycles. The molecule has 7 heteroatoms. The lowest BCUT2D eigenvalue weighted by atomic mass is 9.73. The molecule has 3 aliphatic heterocycles. The average Bonchev–Trinajstić information content (AvgIpc) is 2.71. The van der Waals surface area contributed by atoms with Crippen LogP contribution in [0.4, 0.5) is 5.69 Å². The van der Waals surface area contributed by atoms with Gasteiger partial charge in [0.1, 0.15) is 0 Å². The molecule has 142 valence electrons. The summed E-state index contributed by atoms with van der Waals surface area (Å²) in [6.07, 6.45) is 4.75. The number of hydrogen-bond acceptors (Lipinski definition) is 6. The standard InChI is InChI=1S/C20H23N3O4/c1-3-12-11-22-9-7-13(12)10-16(22)20(24)14-6-8-21-15-4-5-17(27-2)19(18(14)15)23(25)26/h3-6,8,12-13,16,20,24H,1,7,9-11H2,2H3. The minimum atomic E-state index is -0.824. The number of hydrogen-bond donors (Lipinski definition) is 1. The van der Waals surface area contributed by atoms with Gasteiger partial charge in [0.15, 0.2) is 5.75 Å². The van der Waals surface area contributed by atoms with Crippen LogP contribution in [0, 0.1) is 22.0 Å². The van der Waals surface area contributed by atoms with E-state index >= 15 is 0 Å². The van der Waals surface area contributed by atoms with E-state index in [-0.39, 0.29) is 17.5 Å². The number of aliphatic hydroxyl groups excluding tert-OH is 1. The molecule has 3 aliphatic rings. The van der Waals surface area contributed by atoms with Gasteiger partial charge in [-0.3, -0.25) is 20.0 Å². The van der Waals surface area contributed by atoms with E-state index in [1.165, 1.54) is 7.11 Å². The minimum absolute atomic E-state index is 0.0589. The highest BCUT2D eigenvalue weighted by Crippen LogP contribution is 2.44. The molecule has 3 fully saturated rings. The van der Waals surface area contributed by atoms with Gasteiger partial charge in [0.25, 0.3) is 0 Å². The second-order valence-electron chi connectivity index (χ2n) is 7.36. The van der Waals surface area contributed by atoms with Gasteiger partial charge in [-0.2, -0.15) is 0 Å². The van der Waals surface area contributed by atoms with Crippen LogP contribution in [-0.4, -0.2) is 46.2 Å². The topological polar surface area (TPSA) is 88.7 Å². The van der Waals surface area contributed by atoms with Crippen LogP contribution in [0.25, 0.3) is 10.9 Å². The van der Waals surface area contributed by atoms with Crippen LogP contribution in [-0.2, 0) is 0 Å². The number of aliphatic hydroxyl groups is 1. The number of fused-ring (bicyclic) bond motifs is 4. The molecule has 0 aliphatic carbocycles. The van der Waals surface area contributed by atoms with Gasteiger partial charge in [-0.15, -0.1) is 6.58 Å². The average molecular weight is 369 g/mol. The maximum Gasteiger partial charge on any atom is 0.320 e. The Morgan fingerprint density at radius 3 is 2.93 bits per heavy atom. The third-order valence-electron chi connectivity index (χ3n) is 6.11. The number of ether oxygens (including phenoxy) is 1. The van der Waals surface area contributed by atoms with E-state index in [9.17, 15) is 15.2 Å². The molecular formula is C20H23N3O4. The predicted molar refractivity (Wildman–Crippen MR) is 102 cm³/mol. The van der Waals surface area contributed by atoms with E-state index in [1.54, 1.807) is 24.4 Å². The summed E-state index contributed by atoms with van der Waals surface area (Å²) in [7, 11) is 1.40. The number of nitrogens with zero attached hydrogens (tertiary/aromatic N) is 3. The van der Waals surface area contributed by atoms with Gasteiger partial charge in [0.05, 0.1) is 29.0 Å². The first-order valence-electron chi connectivity index (χ1n) is 9.19. The lowest BCUT2D eigenvalue weighted by molar-refractivity contribution is -0.384. The molecule has 1 N–H and O–H groups in total. The summed E-state index contributed by atoms with van der Waals surface area (Å²) < 4.78 is 5.20. The molecule has 5 atom stereocenters. The van der Waals surface area contributed by atoms with Gasteiger partial charge >= 0.3 is 5.69 Å². The predicted octanol–water partition coefficient (Wildman–Crippen LogP) is 3.08. The zero-order valence-corrected chi connectivity index (χ0v) is 15.2. The molecule has 4 heterocycles. The van der Waals surface area contributed by atoms with Crippen molar-refractivity contribution in [1.82, 2.24) is 9.88 Å². The summed E-state index contributed by atoms with van der Waals surface area (Å²) >= 11 is 0. The van der Waals surface area contributed by atoms with Gasteiger partial charge in [-0.25, -0.2) is 0 Å². The van der Waals surface area contributed by atoms with Crippen molar-refractivity contribution in [3.05, 3.63) is 52.7 Å². The van der Waals surface area contributed by atoms with Crippen molar-refractivity contribution in [2.24, 2.45) is 11.8 Å². The third-order valence-corrected chi connectivity index (χ3v) is 6.11. The molecule has 1 aromatic carbocycles. The van der Waals surface area contributed by atoms with Gasteiger partial charge in [0.2, 0.25) is 0 Å². The fourth-order valence-corrected chi connectivity index (χ4v) is 4.74. The largest absolute Gasteiger partial charge is 0.490 e. The second kappa shape index (κ2) is 6.90. The number of benzene rings is 1. The van der Waals surface area contributed by atoms with E-state index in [2.05, 4.69) is 16.5 Å². The summed E-state index contributed by atoms with van der Waals surface area (Å²) in [6.45, 7) is 5.75. The highest BCUT2D eigenvalue weighted by atomic mass is 16.6. The Labute approximate surface area is 157 Å². The highest BCUT2D eigenvalue weighted by molar-refractivity contribution is 5.94. The Kier molecular flexibility index (Phi) is 4.57. The Hall–Kier alpha value is -2.51. The van der Waals surface area contributed by atoms with Crippen LogP contribution in [0.5, 0.6) is 5.75 Å². The maximum absolute atomic E-state index is 11.7. The van der Waals surface area contributed by atoms with E-state index in [1.807, 2.05) is 6.08 Å². The van der Waals surface area contributed by atoms with Crippen LogP contribution < -0.4 is 4.74 Å². The Morgan fingerprint density at radius 2 is 2.30 bits per heavy atom. The van der Waals surface area contributed by atoms with E-state index in [0.717, 1.165) is 25.9 Å². The van der Waals surface area contributed by atoms with Crippen molar-refractivity contribution < 1.29 is 14.8 Å². The number of piperidine rings is 3. The molecular weight excluding hydrogens is 346 g/mol. The molecule has 27 heavy (non-hydrogen) atoms. The number of methoxy groups -OCH3 is 1. The number of nitro groups is 1. The summed E-state index contributed by atoms with van der Waals surface area (Å²) in [6, 6.07) is 4.87. The van der Waals surface area contributed by atoms with Crippen LogP contribution in [0.15, 0.2) is 37.1 Å². The van der Waals surface area contributed by atoms with Crippen LogP contribution >= 0.6 is 0 Å². The molecule has 0 radical (unpaired) electrons. The van der Waals surface area contributed by atoms with Crippen LogP contribution in [0.1, 0.15) is 24.5 Å². The fraction of sp³-hybridized carbons (Fsp3) is 0.450. The molecule has 7 nitrogen and oxygen atoms in total. The summed E-state index contributed by atoms with van der Waals surface area (Å²) in [4.78, 5) is 17.8. The Bertz CT molecular complexity index is 900. The quantitative estimate of drug-likeness (QED) is 0.495. The fourth-order valence-electron chi connectivity index (χ4n) is 4.74. The second-order valence-corrected chi connectivity index (χ2v) is 7.36. The monoisotopic (exact) mass is 369 g/mol. The SMILES string of the molecule is C=CC1CN2CCC1CC2C(O)c1ccnc2ccc(OC)c([N+](=O)[O-])c12. The lowest BCUT2D eigenvalue weighted by Gasteiger charge is -2.50. The van der Waals surface area contributed by atoms with Crippen molar-refractivity contribution in [2.45, 2.75) is 25.0 Å². The molecule has 1 aromatic heterocycles. The van der Waals surface area contributed by atoms with Gasteiger partial charge in [0, 0.05) is 24.3 Å². The maximum atomic E-state index is 11.7. The first kappa shape index (κ1) is 17.9. The van der Waals surface area contributed by atoms with Gasteiger partial charge in [-0.05, 0) is 49.4 Å². The first-order chi connectivity index (χ1) is 13.0. The van der Waals surface area contributed by atoms with E-state index in [4.69, 9.17) is 4.74 Å². The molecule has 0 spiro atoms. The zero-order valence-electron chi connectivity index (χ0n) is 15.2. The zero-order chi connectivity index (χ0) is 19.1. The third kappa shape index (κ3) is 2.87. The van der Waals surface area contributed by atoms with Crippen molar-refractivity contribution in [2.75, 3.05) is 20.2 Å². The lowest BCUT2D eigenvalue weighted by Crippen LogP contribution is -2.54. The first-order valence-corrected chi connectivity index (χ1v) is 9.19. The number of aromatic nitrogens is 1. The van der Waals surface area contributed by atoms with Crippen molar-refractivity contribution in [3.63, 3.8) is 0 Å².